The van der Waals surface area contributed by atoms with Crippen molar-refractivity contribution in [3.8, 4) is 0 Å². The Balaban J connectivity index is 1.31. The number of carbonyl (C=O) groups is 1. The lowest BCUT2D eigenvalue weighted by Crippen LogP contribution is -2.49. The van der Waals surface area contributed by atoms with E-state index < -0.39 is 0 Å². The van der Waals surface area contributed by atoms with E-state index in [4.69, 9.17) is 4.74 Å². The fourth-order valence-electron chi connectivity index (χ4n) is 5.18. The first-order valence-electron chi connectivity index (χ1n) is 11.0. The van der Waals surface area contributed by atoms with Gasteiger partial charge in [-0.1, -0.05) is 18.6 Å². The molecule has 5 nitrogen and oxygen atoms in total. The molecule has 1 aromatic carbocycles. The zero-order valence-electron chi connectivity index (χ0n) is 16.7. The van der Waals surface area contributed by atoms with Gasteiger partial charge in [0, 0.05) is 50.4 Å². The summed E-state index contributed by atoms with van der Waals surface area (Å²) in [4.78, 5) is 21.5. The van der Waals surface area contributed by atoms with Crippen LogP contribution in [0.3, 0.4) is 0 Å². The van der Waals surface area contributed by atoms with E-state index in [-0.39, 0.29) is 5.91 Å². The maximum atomic E-state index is 13.3. The Morgan fingerprint density at radius 1 is 1.11 bits per heavy atom. The predicted molar refractivity (Wildman–Crippen MR) is 111 cm³/mol. The van der Waals surface area contributed by atoms with Gasteiger partial charge in [-0.25, -0.2) is 0 Å². The molecule has 1 unspecified atom stereocenters. The van der Waals surface area contributed by atoms with Crippen LogP contribution < -0.4 is 0 Å². The summed E-state index contributed by atoms with van der Waals surface area (Å²) in [6.07, 6.45) is 7.24. The van der Waals surface area contributed by atoms with Gasteiger partial charge in [-0.05, 0) is 49.7 Å². The number of hydrogen-bond acceptors (Lipinski definition) is 3. The van der Waals surface area contributed by atoms with Crippen molar-refractivity contribution in [3.05, 3.63) is 35.0 Å². The summed E-state index contributed by atoms with van der Waals surface area (Å²) in [7, 11) is 0. The van der Waals surface area contributed by atoms with Gasteiger partial charge in [0.2, 0.25) is 0 Å². The van der Waals surface area contributed by atoms with E-state index in [2.05, 4.69) is 22.0 Å². The number of aryl methyl sites for hydroxylation is 2. The number of aromatic nitrogens is 1. The maximum Gasteiger partial charge on any atom is 0.256 e. The topological polar surface area (TPSA) is 48.6 Å². The first kappa shape index (κ1) is 18.2. The van der Waals surface area contributed by atoms with Gasteiger partial charge in [0.25, 0.3) is 5.91 Å². The van der Waals surface area contributed by atoms with Crippen LogP contribution in [-0.2, 0) is 17.6 Å². The fourth-order valence-corrected chi connectivity index (χ4v) is 5.18. The second-order valence-electron chi connectivity index (χ2n) is 8.69. The quantitative estimate of drug-likeness (QED) is 0.831. The zero-order valence-corrected chi connectivity index (χ0v) is 16.7. The second kappa shape index (κ2) is 7.88. The summed E-state index contributed by atoms with van der Waals surface area (Å²) in [6, 6.07) is 6.25. The highest BCUT2D eigenvalue weighted by atomic mass is 16.5. The Bertz CT molecular complexity index is 845. The van der Waals surface area contributed by atoms with Gasteiger partial charge >= 0.3 is 0 Å². The first-order chi connectivity index (χ1) is 13.8. The SMILES string of the molecule is O=C(c1cccc2c3c([nH]c12)CCCCC3)N1CCN(CC2CCOC2)CC1. The molecule has 1 aliphatic carbocycles. The summed E-state index contributed by atoms with van der Waals surface area (Å²) in [5, 5.41) is 1.27. The van der Waals surface area contributed by atoms with Crippen LogP contribution in [0.15, 0.2) is 18.2 Å². The van der Waals surface area contributed by atoms with Crippen molar-refractivity contribution in [2.24, 2.45) is 5.92 Å². The molecule has 28 heavy (non-hydrogen) atoms. The van der Waals surface area contributed by atoms with Gasteiger partial charge in [0.05, 0.1) is 17.7 Å². The summed E-state index contributed by atoms with van der Waals surface area (Å²) in [6.45, 7) is 6.51. The minimum absolute atomic E-state index is 0.186. The van der Waals surface area contributed by atoms with Crippen molar-refractivity contribution in [2.75, 3.05) is 45.9 Å². The molecule has 0 radical (unpaired) electrons. The van der Waals surface area contributed by atoms with Crippen LogP contribution in [-0.4, -0.2) is 66.6 Å². The van der Waals surface area contributed by atoms with Gasteiger partial charge in [-0.2, -0.15) is 0 Å². The van der Waals surface area contributed by atoms with E-state index in [1.807, 2.05) is 11.0 Å². The van der Waals surface area contributed by atoms with E-state index in [9.17, 15) is 4.79 Å². The number of ether oxygens (including phenoxy) is 1. The summed E-state index contributed by atoms with van der Waals surface area (Å²) in [5.41, 5.74) is 4.72. The van der Waals surface area contributed by atoms with E-state index in [0.29, 0.717) is 5.92 Å². The molecule has 1 N–H and O–H groups in total. The molecule has 2 aliphatic heterocycles. The number of fused-ring (bicyclic) bond motifs is 3. The molecule has 2 saturated heterocycles. The van der Waals surface area contributed by atoms with Crippen LogP contribution >= 0.6 is 0 Å². The Hall–Kier alpha value is -1.85. The van der Waals surface area contributed by atoms with Crippen molar-refractivity contribution in [3.63, 3.8) is 0 Å². The van der Waals surface area contributed by atoms with Gasteiger partial charge in [0.15, 0.2) is 0 Å². The van der Waals surface area contributed by atoms with Crippen LogP contribution in [0.1, 0.15) is 47.3 Å². The molecule has 2 aromatic rings. The third kappa shape index (κ3) is 3.46. The van der Waals surface area contributed by atoms with Crippen molar-refractivity contribution < 1.29 is 9.53 Å². The van der Waals surface area contributed by atoms with Crippen LogP contribution in [0.2, 0.25) is 0 Å². The van der Waals surface area contributed by atoms with E-state index in [1.165, 1.54) is 42.3 Å². The van der Waals surface area contributed by atoms with Crippen LogP contribution in [0.25, 0.3) is 10.9 Å². The van der Waals surface area contributed by atoms with Crippen molar-refractivity contribution in [1.82, 2.24) is 14.8 Å². The molecule has 3 heterocycles. The molecule has 2 fully saturated rings. The van der Waals surface area contributed by atoms with Crippen LogP contribution in [0, 0.1) is 5.92 Å². The third-order valence-corrected chi connectivity index (χ3v) is 6.81. The number of nitrogens with one attached hydrogen (secondary N) is 1. The summed E-state index contributed by atoms with van der Waals surface area (Å²) >= 11 is 0. The number of H-pyrrole nitrogens is 1. The lowest BCUT2D eigenvalue weighted by molar-refractivity contribution is 0.0613. The number of aromatic amines is 1. The second-order valence-corrected chi connectivity index (χ2v) is 8.69. The molecule has 0 bridgehead atoms. The highest BCUT2D eigenvalue weighted by molar-refractivity contribution is 6.06. The van der Waals surface area contributed by atoms with Crippen molar-refractivity contribution >= 4 is 16.8 Å². The highest BCUT2D eigenvalue weighted by Crippen LogP contribution is 2.31. The van der Waals surface area contributed by atoms with Gasteiger partial charge in [0.1, 0.15) is 0 Å². The van der Waals surface area contributed by atoms with Gasteiger partial charge in [-0.3, -0.25) is 9.69 Å². The largest absolute Gasteiger partial charge is 0.381 e. The molecule has 5 rings (SSSR count). The lowest BCUT2D eigenvalue weighted by atomic mass is 10.0. The Labute approximate surface area is 167 Å². The molecule has 5 heteroatoms. The van der Waals surface area contributed by atoms with Crippen LogP contribution in [0.4, 0.5) is 0 Å². The number of hydrogen-bond donors (Lipinski definition) is 1. The van der Waals surface area contributed by atoms with Gasteiger partial charge in [-0.15, -0.1) is 0 Å². The monoisotopic (exact) mass is 381 g/mol. The summed E-state index contributed by atoms with van der Waals surface area (Å²) < 4.78 is 5.50. The average molecular weight is 382 g/mol. The molecular formula is C23H31N3O2. The zero-order chi connectivity index (χ0) is 18.9. The number of carbonyl (C=O) groups excluding carboxylic acids is 1. The Morgan fingerprint density at radius 3 is 2.79 bits per heavy atom. The Kier molecular flexibility index (Phi) is 5.12. The number of piperazine rings is 1. The molecular weight excluding hydrogens is 350 g/mol. The third-order valence-electron chi connectivity index (χ3n) is 6.81. The standard InChI is InChI=1S/C23H31N3O2/c27-23(26-12-10-25(11-13-26)15-17-9-14-28-16-17)20-7-4-6-19-18-5-2-1-3-8-21(18)24-22(19)20/h4,6-7,17,24H,1-3,5,8-16H2. The lowest BCUT2D eigenvalue weighted by Gasteiger charge is -2.35. The van der Waals surface area contributed by atoms with E-state index in [1.54, 1.807) is 0 Å². The van der Waals surface area contributed by atoms with Crippen LogP contribution in [0.5, 0.6) is 0 Å². The Morgan fingerprint density at radius 2 is 1.96 bits per heavy atom. The van der Waals surface area contributed by atoms with Gasteiger partial charge < -0.3 is 14.6 Å². The number of rotatable bonds is 3. The molecule has 0 saturated carbocycles. The normalized spacial score (nSPS) is 23.7. The first-order valence-corrected chi connectivity index (χ1v) is 11.0. The van der Waals surface area contributed by atoms with E-state index >= 15 is 0 Å². The smallest absolute Gasteiger partial charge is 0.256 e. The minimum atomic E-state index is 0.186. The predicted octanol–water partition coefficient (Wildman–Crippen LogP) is 3.23. The molecule has 1 atom stereocenters. The average Bonchev–Trinajstić information content (AvgIpc) is 3.29. The molecule has 1 amide bonds. The number of para-hydroxylation sites is 1. The summed E-state index contributed by atoms with van der Waals surface area (Å²) in [5.74, 6) is 0.858. The molecule has 3 aliphatic rings. The number of benzene rings is 1. The number of nitrogens with zero attached hydrogens (tertiary/aromatic N) is 2. The van der Waals surface area contributed by atoms with Crippen molar-refractivity contribution in [1.29, 1.82) is 0 Å². The molecule has 150 valence electrons. The van der Waals surface area contributed by atoms with Crippen molar-refractivity contribution in [2.45, 2.75) is 38.5 Å². The molecule has 1 aromatic heterocycles. The molecule has 0 spiro atoms. The maximum absolute atomic E-state index is 13.3. The minimum Gasteiger partial charge on any atom is -0.381 e. The van der Waals surface area contributed by atoms with E-state index in [0.717, 1.165) is 69.9 Å². The number of amides is 1. The highest BCUT2D eigenvalue weighted by Gasteiger charge is 2.27. The fraction of sp³-hybridized carbons (Fsp3) is 0.609.